The summed E-state index contributed by atoms with van der Waals surface area (Å²) in [6.07, 6.45) is -0.365. The Bertz CT molecular complexity index is 671. The van der Waals surface area contributed by atoms with Gasteiger partial charge in [-0.05, 0) is 32.0 Å². The summed E-state index contributed by atoms with van der Waals surface area (Å²) >= 11 is 0. The van der Waals surface area contributed by atoms with E-state index in [2.05, 4.69) is 10.2 Å². The van der Waals surface area contributed by atoms with Crippen LogP contribution in [0.15, 0.2) is 24.3 Å². The number of piperazine rings is 1. The van der Waals surface area contributed by atoms with Gasteiger partial charge in [-0.2, -0.15) is 0 Å². The van der Waals surface area contributed by atoms with Crippen LogP contribution in [0.4, 0.5) is 21.0 Å². The van der Waals surface area contributed by atoms with E-state index in [1.165, 1.54) is 0 Å². The van der Waals surface area contributed by atoms with Crippen LogP contribution in [0.5, 0.6) is 0 Å². The third-order valence-electron chi connectivity index (χ3n) is 4.98. The lowest BCUT2D eigenvalue weighted by molar-refractivity contribution is 0.0267. The molecule has 2 N–H and O–H groups in total. The van der Waals surface area contributed by atoms with Crippen LogP contribution < -0.4 is 10.2 Å². The molecule has 0 aromatic heterocycles. The molecule has 142 valence electrons. The highest BCUT2D eigenvalue weighted by Crippen LogP contribution is 2.23. The molecule has 26 heavy (non-hydrogen) atoms. The number of urea groups is 1. The number of cyclic esters (lactones) is 1. The first-order valence-electron chi connectivity index (χ1n) is 8.87. The number of carbonyl (C=O) groups is 2. The normalized spacial score (nSPS) is 18.8. The average molecular weight is 362 g/mol. The number of nitrogens with zero attached hydrogens (tertiary/aromatic N) is 3. The molecule has 0 unspecified atom stereocenters. The molecule has 0 radical (unpaired) electrons. The summed E-state index contributed by atoms with van der Waals surface area (Å²) < 4.78 is 4.95. The van der Waals surface area contributed by atoms with Crippen molar-refractivity contribution in [2.45, 2.75) is 19.4 Å². The van der Waals surface area contributed by atoms with E-state index in [0.717, 1.165) is 13.1 Å². The molecule has 1 aromatic carbocycles. The molecule has 2 heterocycles. The quantitative estimate of drug-likeness (QED) is 0.849. The predicted molar refractivity (Wildman–Crippen MR) is 98.5 cm³/mol. The minimum Gasteiger partial charge on any atom is -0.447 e. The van der Waals surface area contributed by atoms with Crippen molar-refractivity contribution >= 4 is 23.5 Å². The van der Waals surface area contributed by atoms with Gasteiger partial charge in [-0.1, -0.05) is 6.07 Å². The second-order valence-electron chi connectivity index (χ2n) is 7.19. The van der Waals surface area contributed by atoms with Gasteiger partial charge in [0.15, 0.2) is 0 Å². The molecule has 0 spiro atoms. The lowest BCUT2D eigenvalue weighted by Gasteiger charge is -2.43. The molecule has 2 saturated heterocycles. The van der Waals surface area contributed by atoms with Crippen LogP contribution in [0.25, 0.3) is 0 Å². The van der Waals surface area contributed by atoms with E-state index in [1.807, 2.05) is 19.9 Å². The molecule has 2 fully saturated rings. The minimum atomic E-state index is -0.365. The summed E-state index contributed by atoms with van der Waals surface area (Å²) in [4.78, 5) is 29.7. The van der Waals surface area contributed by atoms with Crippen LogP contribution in [0.1, 0.15) is 13.8 Å². The Morgan fingerprint density at radius 2 is 1.96 bits per heavy atom. The lowest BCUT2D eigenvalue weighted by atomic mass is 10.0. The van der Waals surface area contributed by atoms with E-state index in [4.69, 9.17) is 4.74 Å². The van der Waals surface area contributed by atoms with Crippen molar-refractivity contribution in [1.29, 1.82) is 0 Å². The van der Waals surface area contributed by atoms with Crippen molar-refractivity contribution < 1.29 is 19.4 Å². The highest BCUT2D eigenvalue weighted by molar-refractivity contribution is 5.93. The van der Waals surface area contributed by atoms with Crippen molar-refractivity contribution in [2.75, 3.05) is 56.2 Å². The number of anilines is 2. The Hall–Kier alpha value is -2.32. The Labute approximate surface area is 153 Å². The standard InChI is InChI=1S/C18H26N4O4/c1-18(2,13-23)21-8-6-20(7-9-21)16(24)19-14-4-3-5-15(12-14)22-10-11-26-17(22)25/h3-5,12,23H,6-11,13H2,1-2H3,(H,19,24). The zero-order valence-electron chi connectivity index (χ0n) is 15.3. The van der Waals surface area contributed by atoms with E-state index in [0.29, 0.717) is 37.6 Å². The fourth-order valence-corrected chi connectivity index (χ4v) is 3.20. The summed E-state index contributed by atoms with van der Waals surface area (Å²) in [6, 6.07) is 7.03. The minimum absolute atomic E-state index is 0.0882. The van der Waals surface area contributed by atoms with Gasteiger partial charge in [-0.15, -0.1) is 0 Å². The van der Waals surface area contributed by atoms with Gasteiger partial charge in [0.2, 0.25) is 0 Å². The number of rotatable bonds is 4. The largest absolute Gasteiger partial charge is 0.447 e. The van der Waals surface area contributed by atoms with Crippen molar-refractivity contribution in [1.82, 2.24) is 9.80 Å². The van der Waals surface area contributed by atoms with Gasteiger partial charge < -0.3 is 20.1 Å². The summed E-state index contributed by atoms with van der Waals surface area (Å²) in [7, 11) is 0. The number of aliphatic hydroxyl groups is 1. The number of benzene rings is 1. The summed E-state index contributed by atoms with van der Waals surface area (Å²) in [5.41, 5.74) is 1.08. The van der Waals surface area contributed by atoms with Crippen LogP contribution >= 0.6 is 0 Å². The van der Waals surface area contributed by atoms with E-state index < -0.39 is 0 Å². The van der Waals surface area contributed by atoms with Crippen LogP contribution in [0.2, 0.25) is 0 Å². The van der Waals surface area contributed by atoms with Crippen molar-refractivity contribution in [3.8, 4) is 0 Å². The molecule has 0 saturated carbocycles. The first-order chi connectivity index (χ1) is 12.4. The van der Waals surface area contributed by atoms with E-state index in [9.17, 15) is 14.7 Å². The summed E-state index contributed by atoms with van der Waals surface area (Å²) in [5, 5.41) is 12.4. The van der Waals surface area contributed by atoms with Gasteiger partial charge in [0.1, 0.15) is 6.61 Å². The number of aliphatic hydroxyl groups excluding tert-OH is 1. The summed E-state index contributed by atoms with van der Waals surface area (Å²) in [5.74, 6) is 0. The van der Waals surface area contributed by atoms with E-state index in [-0.39, 0.29) is 24.3 Å². The van der Waals surface area contributed by atoms with Gasteiger partial charge in [0, 0.05) is 43.1 Å². The van der Waals surface area contributed by atoms with E-state index >= 15 is 0 Å². The maximum absolute atomic E-state index is 12.5. The number of hydrogen-bond donors (Lipinski definition) is 2. The Balaban J connectivity index is 1.58. The van der Waals surface area contributed by atoms with Gasteiger partial charge in [0.25, 0.3) is 0 Å². The Kier molecular flexibility index (Phi) is 5.33. The van der Waals surface area contributed by atoms with Gasteiger partial charge in [-0.3, -0.25) is 9.80 Å². The SMILES string of the molecule is CC(C)(CO)N1CCN(C(=O)Nc2cccc(N3CCOC3=O)c2)CC1. The smallest absolute Gasteiger partial charge is 0.414 e. The van der Waals surface area contributed by atoms with Gasteiger partial charge >= 0.3 is 12.1 Å². The van der Waals surface area contributed by atoms with Crippen LogP contribution in [-0.2, 0) is 4.74 Å². The molecule has 2 aliphatic heterocycles. The maximum atomic E-state index is 12.5. The number of nitrogens with one attached hydrogen (secondary N) is 1. The molecule has 3 amide bonds. The van der Waals surface area contributed by atoms with Crippen LogP contribution in [-0.4, -0.2) is 78.5 Å². The first kappa shape index (κ1) is 18.5. The topological polar surface area (TPSA) is 85.3 Å². The Morgan fingerprint density at radius 3 is 2.58 bits per heavy atom. The number of hydrogen-bond acceptors (Lipinski definition) is 5. The van der Waals surface area contributed by atoms with Crippen LogP contribution in [0.3, 0.4) is 0 Å². The maximum Gasteiger partial charge on any atom is 0.414 e. The molecule has 8 heteroatoms. The molecule has 3 rings (SSSR count). The molecule has 0 bridgehead atoms. The number of amides is 3. The third-order valence-corrected chi connectivity index (χ3v) is 4.98. The molecule has 8 nitrogen and oxygen atoms in total. The molecule has 2 aliphatic rings. The van der Waals surface area contributed by atoms with Crippen LogP contribution in [0, 0.1) is 0 Å². The fraction of sp³-hybridized carbons (Fsp3) is 0.556. The lowest BCUT2D eigenvalue weighted by Crippen LogP contribution is -2.57. The fourth-order valence-electron chi connectivity index (χ4n) is 3.20. The van der Waals surface area contributed by atoms with Crippen molar-refractivity contribution in [2.24, 2.45) is 0 Å². The highest BCUT2D eigenvalue weighted by atomic mass is 16.6. The molecule has 0 aliphatic carbocycles. The molecule has 1 aromatic rings. The van der Waals surface area contributed by atoms with Crippen molar-refractivity contribution in [3.05, 3.63) is 24.3 Å². The first-order valence-corrected chi connectivity index (χ1v) is 8.87. The van der Waals surface area contributed by atoms with Gasteiger partial charge in [-0.25, -0.2) is 9.59 Å². The molecular weight excluding hydrogens is 336 g/mol. The van der Waals surface area contributed by atoms with Crippen molar-refractivity contribution in [3.63, 3.8) is 0 Å². The summed E-state index contributed by atoms with van der Waals surface area (Å²) in [6.45, 7) is 7.63. The molecular formula is C18H26N4O4. The second kappa shape index (κ2) is 7.51. The zero-order valence-corrected chi connectivity index (χ0v) is 15.3. The monoisotopic (exact) mass is 362 g/mol. The molecule has 0 atom stereocenters. The number of carbonyl (C=O) groups excluding carboxylic acids is 2. The highest BCUT2D eigenvalue weighted by Gasteiger charge is 2.30. The zero-order chi connectivity index (χ0) is 18.7. The second-order valence-corrected chi connectivity index (χ2v) is 7.19. The Morgan fingerprint density at radius 1 is 1.23 bits per heavy atom. The predicted octanol–water partition coefficient (Wildman–Crippen LogP) is 1.56. The average Bonchev–Trinajstić information content (AvgIpc) is 3.08. The number of ether oxygens (including phenoxy) is 1. The van der Waals surface area contributed by atoms with E-state index in [1.54, 1.807) is 28.0 Å². The third kappa shape index (κ3) is 3.91. The van der Waals surface area contributed by atoms with Gasteiger partial charge in [0.05, 0.1) is 13.2 Å².